The van der Waals surface area contributed by atoms with E-state index < -0.39 is 30.5 Å². The topological polar surface area (TPSA) is 109 Å². The molecular weight excluding hydrogens is 420 g/mol. The minimum Gasteiger partial charge on any atom is -0.546 e. The first-order valence-corrected chi connectivity index (χ1v) is 9.75. The monoisotopic (exact) mass is 441 g/mol. The zero-order chi connectivity index (χ0) is 21.6. The first kappa shape index (κ1) is 22.8. The molecule has 1 aromatic carbocycles. The zero-order valence-electron chi connectivity index (χ0n) is 16.2. The van der Waals surface area contributed by atoms with Gasteiger partial charge in [-0.3, -0.25) is 4.79 Å². The number of esters is 1. The number of ether oxygens (including phenoxy) is 3. The van der Waals surface area contributed by atoms with Crippen LogP contribution < -0.4 is 25.2 Å². The summed E-state index contributed by atoms with van der Waals surface area (Å²) in [6.07, 6.45) is 2.49. The number of hydrogen-bond donors (Lipinski definition) is 2. The Bertz CT molecular complexity index is 829. The number of aliphatic carboxylic acids is 1. The third kappa shape index (κ3) is 5.51. The van der Waals surface area contributed by atoms with E-state index in [1.807, 2.05) is 13.0 Å². The second-order valence-electron chi connectivity index (χ2n) is 6.06. The smallest absolute Gasteiger partial charge is 0.317 e. The van der Waals surface area contributed by atoms with Crippen molar-refractivity contribution in [2.75, 3.05) is 20.3 Å². The fraction of sp³-hybridized carbons (Fsp3) is 0.421. The van der Waals surface area contributed by atoms with E-state index in [0.717, 1.165) is 0 Å². The maximum Gasteiger partial charge on any atom is 0.317 e. The summed E-state index contributed by atoms with van der Waals surface area (Å²) in [5, 5.41) is 17.6. The second kappa shape index (κ2) is 10.3. The predicted octanol–water partition coefficient (Wildman–Crippen LogP) is 1.47. The largest absolute Gasteiger partial charge is 0.546 e. The molecule has 2 atom stereocenters. The van der Waals surface area contributed by atoms with Crippen molar-refractivity contribution in [2.24, 2.45) is 5.92 Å². The highest BCUT2D eigenvalue weighted by molar-refractivity contribution is 7.80. The molecule has 0 spiro atoms. The summed E-state index contributed by atoms with van der Waals surface area (Å²) < 4.78 is 16.0. The van der Waals surface area contributed by atoms with Crippen molar-refractivity contribution in [3.63, 3.8) is 0 Å². The highest BCUT2D eigenvalue weighted by Gasteiger charge is 2.40. The average molecular weight is 442 g/mol. The van der Waals surface area contributed by atoms with E-state index in [9.17, 15) is 14.7 Å². The highest BCUT2D eigenvalue weighted by atomic mass is 35.5. The summed E-state index contributed by atoms with van der Waals surface area (Å²) in [6, 6.07) is 2.32. The van der Waals surface area contributed by atoms with Crippen LogP contribution in [0.3, 0.4) is 0 Å². The van der Waals surface area contributed by atoms with Crippen molar-refractivity contribution in [1.82, 2.24) is 10.6 Å². The lowest BCUT2D eigenvalue weighted by Crippen LogP contribution is -2.51. The molecule has 1 aliphatic rings. The molecule has 1 saturated heterocycles. The van der Waals surface area contributed by atoms with E-state index in [1.165, 1.54) is 13.2 Å². The van der Waals surface area contributed by atoms with Gasteiger partial charge >= 0.3 is 5.97 Å². The van der Waals surface area contributed by atoms with Crippen LogP contribution in [0.1, 0.15) is 31.9 Å². The Kier molecular flexibility index (Phi) is 8.10. The summed E-state index contributed by atoms with van der Waals surface area (Å²) in [5.74, 6) is -2.35. The Morgan fingerprint density at radius 2 is 2.07 bits per heavy atom. The van der Waals surface area contributed by atoms with Gasteiger partial charge in [-0.25, -0.2) is 0 Å². The van der Waals surface area contributed by atoms with Gasteiger partial charge in [-0.2, -0.15) is 0 Å². The van der Waals surface area contributed by atoms with Crippen LogP contribution in [-0.2, 0) is 14.3 Å². The molecule has 2 rings (SSSR count). The quantitative estimate of drug-likeness (QED) is 0.457. The number of carboxylic acid groups (broad SMARTS) is 1. The molecule has 2 N–H and O–H groups in total. The van der Waals surface area contributed by atoms with E-state index in [2.05, 4.69) is 10.6 Å². The van der Waals surface area contributed by atoms with Crippen molar-refractivity contribution < 1.29 is 28.9 Å². The SMILES string of the molecule is CC/C=C1/NC(=S)N[C@@H](c2cc(Cl)cc(OC)c2OCC(=O)[O-])[C@@H]1C(=O)OCC. The van der Waals surface area contributed by atoms with E-state index in [4.69, 9.17) is 38.0 Å². The lowest BCUT2D eigenvalue weighted by atomic mass is 9.87. The van der Waals surface area contributed by atoms with Crippen molar-refractivity contribution in [2.45, 2.75) is 26.3 Å². The van der Waals surface area contributed by atoms with Crippen LogP contribution in [-0.4, -0.2) is 37.4 Å². The second-order valence-corrected chi connectivity index (χ2v) is 6.91. The van der Waals surface area contributed by atoms with Gasteiger partial charge in [0.05, 0.1) is 25.7 Å². The van der Waals surface area contributed by atoms with E-state index in [1.54, 1.807) is 13.0 Å². The van der Waals surface area contributed by atoms with Crippen molar-refractivity contribution in [1.29, 1.82) is 0 Å². The number of rotatable bonds is 8. The minimum atomic E-state index is -1.41. The molecule has 1 aliphatic heterocycles. The highest BCUT2D eigenvalue weighted by Crippen LogP contribution is 2.42. The number of methoxy groups -OCH3 is 1. The number of benzene rings is 1. The number of halogens is 1. The molecule has 1 fully saturated rings. The summed E-state index contributed by atoms with van der Waals surface area (Å²) >= 11 is 11.5. The number of carbonyl (C=O) groups excluding carboxylic acids is 2. The van der Waals surface area contributed by atoms with Crippen molar-refractivity contribution in [3.05, 3.63) is 34.5 Å². The molecule has 0 bridgehead atoms. The van der Waals surface area contributed by atoms with Gasteiger partial charge in [0.25, 0.3) is 0 Å². The molecule has 29 heavy (non-hydrogen) atoms. The molecule has 158 valence electrons. The minimum absolute atomic E-state index is 0.119. The summed E-state index contributed by atoms with van der Waals surface area (Å²) in [7, 11) is 1.40. The predicted molar refractivity (Wildman–Crippen MR) is 109 cm³/mol. The van der Waals surface area contributed by atoms with Crippen molar-refractivity contribution in [3.8, 4) is 11.5 Å². The fourth-order valence-corrected chi connectivity index (χ4v) is 3.52. The number of thiocarbonyl (C=S) groups is 1. The lowest BCUT2D eigenvalue weighted by Gasteiger charge is -2.36. The number of nitrogens with one attached hydrogen (secondary N) is 2. The molecule has 10 heteroatoms. The number of carboxylic acids is 1. The number of hydrogen-bond acceptors (Lipinski definition) is 7. The van der Waals surface area contributed by atoms with E-state index in [0.29, 0.717) is 27.8 Å². The molecule has 0 radical (unpaired) electrons. The van der Waals surface area contributed by atoms with E-state index >= 15 is 0 Å². The molecule has 8 nitrogen and oxygen atoms in total. The van der Waals surface area contributed by atoms with Crippen LogP contribution in [0.15, 0.2) is 23.9 Å². The van der Waals surface area contributed by atoms with Crippen LogP contribution in [0.25, 0.3) is 0 Å². The normalized spacial score (nSPS) is 19.9. The van der Waals surface area contributed by atoms with Gasteiger partial charge < -0.3 is 34.7 Å². The fourth-order valence-electron chi connectivity index (χ4n) is 3.06. The average Bonchev–Trinajstić information content (AvgIpc) is 2.66. The maximum absolute atomic E-state index is 12.8. The number of carbonyl (C=O) groups is 2. The Hall–Kier alpha value is -2.52. The first-order valence-electron chi connectivity index (χ1n) is 8.96. The van der Waals surface area contributed by atoms with Crippen LogP contribution in [0.4, 0.5) is 0 Å². The van der Waals surface area contributed by atoms with Crippen LogP contribution in [0, 0.1) is 5.92 Å². The summed E-state index contributed by atoms with van der Waals surface area (Å²) in [4.78, 5) is 23.7. The van der Waals surface area contributed by atoms with E-state index in [-0.39, 0.29) is 18.1 Å². The van der Waals surface area contributed by atoms with Gasteiger partial charge in [0.1, 0.15) is 12.5 Å². The molecule has 1 aromatic rings. The Labute approximate surface area is 179 Å². The van der Waals surface area contributed by atoms with Gasteiger partial charge in [0.2, 0.25) is 0 Å². The third-order valence-corrected chi connectivity index (χ3v) is 4.55. The Morgan fingerprint density at radius 1 is 1.34 bits per heavy atom. The Morgan fingerprint density at radius 3 is 2.66 bits per heavy atom. The van der Waals surface area contributed by atoms with Crippen LogP contribution in [0.2, 0.25) is 5.02 Å². The van der Waals surface area contributed by atoms with Gasteiger partial charge in [0.15, 0.2) is 16.6 Å². The molecule has 0 aromatic heterocycles. The molecule has 0 saturated carbocycles. The molecule has 0 aliphatic carbocycles. The van der Waals surface area contributed by atoms with Gasteiger partial charge in [-0.1, -0.05) is 24.6 Å². The lowest BCUT2D eigenvalue weighted by molar-refractivity contribution is -0.307. The maximum atomic E-state index is 12.8. The van der Waals surface area contributed by atoms with Crippen LogP contribution in [0.5, 0.6) is 11.5 Å². The Balaban J connectivity index is 2.64. The molecule has 0 unspecified atom stereocenters. The van der Waals surface area contributed by atoms with Crippen LogP contribution >= 0.6 is 23.8 Å². The molecular formula is C19H22ClN2O6S-. The van der Waals surface area contributed by atoms with Gasteiger partial charge in [-0.05, 0) is 31.6 Å². The summed E-state index contributed by atoms with van der Waals surface area (Å²) in [6.45, 7) is 3.12. The van der Waals surface area contributed by atoms with Gasteiger partial charge in [-0.15, -0.1) is 0 Å². The zero-order valence-corrected chi connectivity index (χ0v) is 17.8. The molecule has 0 amide bonds. The summed E-state index contributed by atoms with van der Waals surface area (Å²) in [5.41, 5.74) is 0.976. The standard InChI is InChI=1S/C19H23ClN2O6S/c1-4-6-12-15(18(25)27-5-2)16(22-19(29)21-12)11-7-10(20)8-13(26-3)17(11)28-9-14(23)24/h6-8,15-16H,4-5,9H2,1-3H3,(H,23,24)(H2,21,22,29)/p-1/b12-6+/t15-,16+/m1/s1. The van der Waals surface area contributed by atoms with Gasteiger partial charge in [0, 0.05) is 22.3 Å². The molecule has 1 heterocycles. The third-order valence-electron chi connectivity index (χ3n) is 4.12. The first-order chi connectivity index (χ1) is 13.8. The number of allylic oxidation sites excluding steroid dienone is 1. The van der Waals surface area contributed by atoms with Crippen molar-refractivity contribution >= 4 is 40.9 Å².